The number of para-hydroxylation sites is 1. The molecule has 4 N–H and O–H groups in total. The number of carbonyl (C=O) groups is 2. The van der Waals surface area contributed by atoms with Gasteiger partial charge in [0.25, 0.3) is 5.91 Å². The number of nitrogens with two attached hydrogens (primary N) is 1. The predicted molar refractivity (Wildman–Crippen MR) is 112 cm³/mol. The molecule has 146 valence electrons. The average Bonchev–Trinajstić information content (AvgIpc) is 2.72. The van der Waals surface area contributed by atoms with Gasteiger partial charge in [0.2, 0.25) is 5.91 Å². The zero-order valence-electron chi connectivity index (χ0n) is 15.7. The number of benzene rings is 1. The van der Waals surface area contributed by atoms with Gasteiger partial charge in [0.15, 0.2) is 0 Å². The van der Waals surface area contributed by atoms with Gasteiger partial charge in [-0.05, 0) is 36.8 Å². The van der Waals surface area contributed by atoms with E-state index in [1.54, 1.807) is 43.6 Å². The molecule has 0 unspecified atom stereocenters. The van der Waals surface area contributed by atoms with Crippen molar-refractivity contribution in [2.24, 2.45) is 5.73 Å². The maximum Gasteiger partial charge on any atom is 0.254 e. The van der Waals surface area contributed by atoms with Crippen LogP contribution in [-0.4, -0.2) is 22.6 Å². The number of allylic oxidation sites excluding steroid dienone is 2. The molecule has 2 amide bonds. The number of thioether (sulfide) groups is 1. The van der Waals surface area contributed by atoms with Crippen molar-refractivity contribution in [3.8, 4) is 6.07 Å². The van der Waals surface area contributed by atoms with E-state index in [4.69, 9.17) is 5.73 Å². The molecule has 0 bridgehead atoms. The summed E-state index contributed by atoms with van der Waals surface area (Å²) in [5.41, 5.74) is 8.06. The van der Waals surface area contributed by atoms with Crippen molar-refractivity contribution in [2.75, 3.05) is 11.1 Å². The Bertz CT molecular complexity index is 1030. The highest BCUT2D eigenvalue weighted by Gasteiger charge is 2.34. The summed E-state index contributed by atoms with van der Waals surface area (Å²) in [6.07, 6.45) is 3.23. The lowest BCUT2D eigenvalue weighted by Gasteiger charge is -2.29. The van der Waals surface area contributed by atoms with Crippen molar-refractivity contribution in [1.82, 2.24) is 10.3 Å². The van der Waals surface area contributed by atoms with Gasteiger partial charge in [0, 0.05) is 29.4 Å². The quantitative estimate of drug-likeness (QED) is 0.679. The third kappa shape index (κ3) is 4.65. The summed E-state index contributed by atoms with van der Waals surface area (Å²) in [4.78, 5) is 28.4. The molecule has 0 spiro atoms. The average molecular weight is 405 g/mol. The number of nitrogens with one attached hydrogen (secondary N) is 2. The molecule has 3 rings (SSSR count). The zero-order chi connectivity index (χ0) is 20.8. The molecule has 0 saturated carbocycles. The van der Waals surface area contributed by atoms with Crippen LogP contribution in [0.15, 0.2) is 76.7 Å². The van der Waals surface area contributed by atoms with Gasteiger partial charge in [-0.15, -0.1) is 0 Å². The van der Waals surface area contributed by atoms with Crippen LogP contribution in [0.3, 0.4) is 0 Å². The number of pyridine rings is 1. The lowest BCUT2D eigenvalue weighted by molar-refractivity contribution is -0.115. The molecule has 8 heteroatoms. The molecular formula is C21H19N5O2S. The number of carbonyl (C=O) groups excluding carboxylic acids is 2. The Hall–Kier alpha value is -3.57. The Labute approximate surface area is 172 Å². The number of nitrogens with zero attached hydrogens (tertiary/aromatic N) is 2. The molecule has 0 radical (unpaired) electrons. The molecule has 1 aliphatic heterocycles. The van der Waals surface area contributed by atoms with Crippen LogP contribution in [-0.2, 0) is 9.59 Å². The second-order valence-corrected chi connectivity index (χ2v) is 7.29. The third-order valence-corrected chi connectivity index (χ3v) is 5.36. The van der Waals surface area contributed by atoms with Crippen LogP contribution in [0.25, 0.3) is 0 Å². The van der Waals surface area contributed by atoms with E-state index in [0.29, 0.717) is 27.6 Å². The first kappa shape index (κ1) is 20.2. The van der Waals surface area contributed by atoms with E-state index in [1.165, 1.54) is 0 Å². The van der Waals surface area contributed by atoms with Crippen molar-refractivity contribution in [2.45, 2.75) is 12.8 Å². The van der Waals surface area contributed by atoms with Gasteiger partial charge in [0.1, 0.15) is 0 Å². The largest absolute Gasteiger partial charge is 0.369 e. The van der Waals surface area contributed by atoms with Crippen LogP contribution >= 0.6 is 11.8 Å². The summed E-state index contributed by atoms with van der Waals surface area (Å²) in [5.74, 6) is -1.37. The van der Waals surface area contributed by atoms with Crippen LogP contribution in [0.4, 0.5) is 5.69 Å². The molecule has 1 aromatic carbocycles. The van der Waals surface area contributed by atoms with Crippen LogP contribution in [0, 0.1) is 11.3 Å². The number of anilines is 1. The van der Waals surface area contributed by atoms with Gasteiger partial charge in [-0.3, -0.25) is 14.6 Å². The summed E-state index contributed by atoms with van der Waals surface area (Å²) >= 11 is 1.15. The minimum absolute atomic E-state index is 0.0232. The van der Waals surface area contributed by atoms with Gasteiger partial charge in [-0.1, -0.05) is 30.0 Å². The molecule has 2 aromatic rings. The minimum atomic E-state index is -0.594. The number of hydrogen-bond donors (Lipinski definition) is 3. The molecule has 0 saturated heterocycles. The molecule has 29 heavy (non-hydrogen) atoms. The van der Waals surface area contributed by atoms with E-state index in [1.807, 2.05) is 18.2 Å². The first-order valence-electron chi connectivity index (χ1n) is 8.80. The highest BCUT2D eigenvalue weighted by molar-refractivity contribution is 8.03. The SMILES string of the molecule is CC1=C(C(=O)Nc2ccccc2)[C@H](c2ccncc2)C(C#N)=C(SCC(N)=O)N1. The summed E-state index contributed by atoms with van der Waals surface area (Å²) < 4.78 is 0. The van der Waals surface area contributed by atoms with Crippen LogP contribution in [0.2, 0.25) is 0 Å². The molecular weight excluding hydrogens is 386 g/mol. The second-order valence-electron chi connectivity index (χ2n) is 6.31. The topological polar surface area (TPSA) is 121 Å². The summed E-state index contributed by atoms with van der Waals surface area (Å²) in [6, 6.07) is 14.9. The third-order valence-electron chi connectivity index (χ3n) is 4.32. The van der Waals surface area contributed by atoms with Crippen molar-refractivity contribution >= 4 is 29.3 Å². The monoisotopic (exact) mass is 405 g/mol. The Kier molecular flexibility index (Phi) is 6.32. The Morgan fingerprint density at radius 1 is 1.24 bits per heavy atom. The van der Waals surface area contributed by atoms with Crippen LogP contribution in [0.5, 0.6) is 0 Å². The fraction of sp³-hybridized carbons (Fsp3) is 0.143. The number of aromatic nitrogens is 1. The molecule has 1 aliphatic rings. The number of dihydropyridines is 1. The first-order valence-corrected chi connectivity index (χ1v) is 9.79. The lowest BCUT2D eigenvalue weighted by Crippen LogP contribution is -2.31. The van der Waals surface area contributed by atoms with Crippen molar-refractivity contribution in [3.63, 3.8) is 0 Å². The number of nitriles is 1. The second kappa shape index (κ2) is 9.08. The van der Waals surface area contributed by atoms with Crippen LogP contribution < -0.4 is 16.4 Å². The van der Waals surface area contributed by atoms with E-state index < -0.39 is 11.8 Å². The Morgan fingerprint density at radius 3 is 2.55 bits per heavy atom. The maximum absolute atomic E-state index is 13.2. The smallest absolute Gasteiger partial charge is 0.254 e. The maximum atomic E-state index is 13.2. The van der Waals surface area contributed by atoms with Gasteiger partial charge in [-0.25, -0.2) is 0 Å². The number of rotatable bonds is 6. The number of amides is 2. The lowest BCUT2D eigenvalue weighted by atomic mass is 9.82. The van der Waals surface area contributed by atoms with Gasteiger partial charge in [0.05, 0.1) is 28.3 Å². The molecule has 2 heterocycles. The van der Waals surface area contributed by atoms with E-state index in [9.17, 15) is 14.9 Å². The summed E-state index contributed by atoms with van der Waals surface area (Å²) in [5, 5.41) is 16.4. The summed E-state index contributed by atoms with van der Waals surface area (Å²) in [6.45, 7) is 1.77. The molecule has 0 aliphatic carbocycles. The fourth-order valence-corrected chi connectivity index (χ4v) is 3.91. The normalized spacial score (nSPS) is 16.1. The zero-order valence-corrected chi connectivity index (χ0v) is 16.5. The minimum Gasteiger partial charge on any atom is -0.369 e. The Balaban J connectivity index is 2.04. The van der Waals surface area contributed by atoms with Gasteiger partial charge >= 0.3 is 0 Å². The number of primary amides is 1. The molecule has 1 atom stereocenters. The predicted octanol–water partition coefficient (Wildman–Crippen LogP) is 2.63. The standard InChI is InChI=1S/C21H19N5O2S/c1-13-18(20(28)26-15-5-3-2-4-6-15)19(14-7-9-24-10-8-14)16(11-22)21(25-13)29-12-17(23)27/h2-10,19,25H,12H2,1H3,(H2,23,27)(H,26,28)/t19-/m1/s1. The van der Waals surface area contributed by atoms with Crippen LogP contribution in [0.1, 0.15) is 18.4 Å². The van der Waals surface area contributed by atoms with E-state index in [-0.39, 0.29) is 11.7 Å². The molecule has 1 aromatic heterocycles. The summed E-state index contributed by atoms with van der Waals surface area (Å²) in [7, 11) is 0. The molecule has 0 fully saturated rings. The fourth-order valence-electron chi connectivity index (χ4n) is 3.08. The van der Waals surface area contributed by atoms with E-state index in [2.05, 4.69) is 21.7 Å². The van der Waals surface area contributed by atoms with Crippen molar-refractivity contribution < 1.29 is 9.59 Å². The number of hydrogen-bond acceptors (Lipinski definition) is 6. The Morgan fingerprint density at radius 2 is 1.93 bits per heavy atom. The van der Waals surface area contributed by atoms with Gasteiger partial charge < -0.3 is 16.4 Å². The van der Waals surface area contributed by atoms with E-state index >= 15 is 0 Å². The van der Waals surface area contributed by atoms with Crippen molar-refractivity contribution in [1.29, 1.82) is 5.26 Å². The highest BCUT2D eigenvalue weighted by atomic mass is 32.2. The highest BCUT2D eigenvalue weighted by Crippen LogP contribution is 2.40. The van der Waals surface area contributed by atoms with E-state index in [0.717, 1.165) is 17.3 Å². The van der Waals surface area contributed by atoms with Gasteiger partial charge in [-0.2, -0.15) is 5.26 Å². The molecule has 7 nitrogen and oxygen atoms in total. The van der Waals surface area contributed by atoms with Crippen molar-refractivity contribution in [3.05, 3.63) is 82.3 Å². The first-order chi connectivity index (χ1) is 14.0.